The fourth-order valence-electron chi connectivity index (χ4n) is 1.86. The summed E-state index contributed by atoms with van der Waals surface area (Å²) < 4.78 is 10.9. The van der Waals surface area contributed by atoms with Gasteiger partial charge in [0.05, 0.1) is 18.6 Å². The number of aliphatic hydroxyl groups is 1. The van der Waals surface area contributed by atoms with Gasteiger partial charge in [-0.2, -0.15) is 0 Å². The van der Waals surface area contributed by atoms with E-state index in [1.165, 1.54) is 0 Å². The van der Waals surface area contributed by atoms with Gasteiger partial charge in [0.2, 0.25) is 0 Å². The van der Waals surface area contributed by atoms with Crippen LogP contribution in [0.25, 0.3) is 0 Å². The van der Waals surface area contributed by atoms with Gasteiger partial charge in [-0.25, -0.2) is 0 Å². The maximum absolute atomic E-state index is 11.5. The van der Waals surface area contributed by atoms with Crippen molar-refractivity contribution in [1.82, 2.24) is 0 Å². The van der Waals surface area contributed by atoms with Crippen molar-refractivity contribution in [3.05, 3.63) is 0 Å². The zero-order valence-corrected chi connectivity index (χ0v) is 10.4. The standard InChI is InChI=1S/C12H22O4/c1-12(2,3)16-11(14)8-10-5-4-9(15-10)6-7-13/h9-10,13H,4-8H2,1-3H3. The van der Waals surface area contributed by atoms with Crippen molar-refractivity contribution >= 4 is 5.97 Å². The van der Waals surface area contributed by atoms with Crippen molar-refractivity contribution in [2.24, 2.45) is 0 Å². The van der Waals surface area contributed by atoms with E-state index in [0.29, 0.717) is 12.8 Å². The third-order valence-corrected chi connectivity index (χ3v) is 2.46. The molecule has 0 spiro atoms. The summed E-state index contributed by atoms with van der Waals surface area (Å²) in [7, 11) is 0. The summed E-state index contributed by atoms with van der Waals surface area (Å²) in [5.41, 5.74) is -0.430. The zero-order chi connectivity index (χ0) is 12.2. The predicted octanol–water partition coefficient (Wildman–Crippen LogP) is 1.65. The number of ether oxygens (including phenoxy) is 2. The molecule has 4 heteroatoms. The second-order valence-corrected chi connectivity index (χ2v) is 5.26. The Morgan fingerprint density at radius 3 is 2.56 bits per heavy atom. The van der Waals surface area contributed by atoms with Crippen molar-refractivity contribution in [2.75, 3.05) is 6.61 Å². The number of rotatable bonds is 4. The summed E-state index contributed by atoms with van der Waals surface area (Å²) in [6, 6.07) is 0. The van der Waals surface area contributed by atoms with Crippen LogP contribution >= 0.6 is 0 Å². The summed E-state index contributed by atoms with van der Waals surface area (Å²) in [6.45, 7) is 5.71. The van der Waals surface area contributed by atoms with E-state index in [0.717, 1.165) is 12.8 Å². The van der Waals surface area contributed by atoms with E-state index in [9.17, 15) is 4.79 Å². The highest BCUT2D eigenvalue weighted by atomic mass is 16.6. The molecule has 0 aromatic rings. The highest BCUT2D eigenvalue weighted by Gasteiger charge is 2.28. The van der Waals surface area contributed by atoms with Crippen LogP contribution in [0.3, 0.4) is 0 Å². The van der Waals surface area contributed by atoms with Crippen LogP contribution in [0.5, 0.6) is 0 Å². The smallest absolute Gasteiger partial charge is 0.308 e. The van der Waals surface area contributed by atoms with Crippen LogP contribution in [0.4, 0.5) is 0 Å². The van der Waals surface area contributed by atoms with Crippen molar-refractivity contribution in [3.63, 3.8) is 0 Å². The average molecular weight is 230 g/mol. The molecule has 0 bridgehead atoms. The molecule has 0 amide bonds. The van der Waals surface area contributed by atoms with Gasteiger partial charge in [-0.05, 0) is 40.0 Å². The van der Waals surface area contributed by atoms with Gasteiger partial charge in [0.1, 0.15) is 5.60 Å². The monoisotopic (exact) mass is 230 g/mol. The predicted molar refractivity (Wildman–Crippen MR) is 60.1 cm³/mol. The van der Waals surface area contributed by atoms with Gasteiger partial charge < -0.3 is 14.6 Å². The van der Waals surface area contributed by atoms with Gasteiger partial charge in [-0.15, -0.1) is 0 Å². The molecule has 1 heterocycles. The molecule has 1 N–H and O–H groups in total. The van der Waals surface area contributed by atoms with Crippen LogP contribution in [-0.2, 0) is 14.3 Å². The lowest BCUT2D eigenvalue weighted by molar-refractivity contribution is -0.157. The molecule has 0 aromatic carbocycles. The van der Waals surface area contributed by atoms with Crippen LogP contribution in [0.1, 0.15) is 46.5 Å². The molecule has 0 radical (unpaired) electrons. The minimum Gasteiger partial charge on any atom is -0.460 e. The van der Waals surface area contributed by atoms with Crippen LogP contribution in [0, 0.1) is 0 Å². The van der Waals surface area contributed by atoms with E-state index in [4.69, 9.17) is 14.6 Å². The number of carbonyl (C=O) groups excluding carboxylic acids is 1. The lowest BCUT2D eigenvalue weighted by Gasteiger charge is -2.20. The lowest BCUT2D eigenvalue weighted by atomic mass is 10.1. The summed E-state index contributed by atoms with van der Waals surface area (Å²) in [5.74, 6) is -0.206. The molecule has 0 saturated carbocycles. The Balaban J connectivity index is 2.26. The van der Waals surface area contributed by atoms with Gasteiger partial charge in [-0.3, -0.25) is 4.79 Å². The Morgan fingerprint density at radius 2 is 2.00 bits per heavy atom. The molecule has 2 atom stereocenters. The van der Waals surface area contributed by atoms with Crippen LogP contribution in [-0.4, -0.2) is 35.5 Å². The van der Waals surface area contributed by atoms with E-state index in [1.807, 2.05) is 20.8 Å². The minimum atomic E-state index is -0.430. The van der Waals surface area contributed by atoms with Crippen LogP contribution in [0.15, 0.2) is 0 Å². The number of carbonyl (C=O) groups is 1. The maximum Gasteiger partial charge on any atom is 0.308 e. The highest BCUT2D eigenvalue weighted by Crippen LogP contribution is 2.24. The van der Waals surface area contributed by atoms with Crippen molar-refractivity contribution in [1.29, 1.82) is 0 Å². The first-order valence-corrected chi connectivity index (χ1v) is 5.89. The molecular formula is C12H22O4. The zero-order valence-electron chi connectivity index (χ0n) is 10.4. The maximum atomic E-state index is 11.5. The molecule has 4 nitrogen and oxygen atoms in total. The third kappa shape index (κ3) is 4.94. The van der Waals surface area contributed by atoms with Crippen LogP contribution in [0.2, 0.25) is 0 Å². The minimum absolute atomic E-state index is 0.0357. The van der Waals surface area contributed by atoms with E-state index in [-0.39, 0.29) is 24.8 Å². The van der Waals surface area contributed by atoms with E-state index in [1.54, 1.807) is 0 Å². The molecule has 1 aliphatic heterocycles. The summed E-state index contributed by atoms with van der Waals surface area (Å²) >= 11 is 0. The second kappa shape index (κ2) is 5.64. The molecule has 2 unspecified atom stereocenters. The van der Waals surface area contributed by atoms with Gasteiger partial charge in [0.25, 0.3) is 0 Å². The van der Waals surface area contributed by atoms with E-state index >= 15 is 0 Å². The Kier molecular flexibility index (Phi) is 4.74. The quantitative estimate of drug-likeness (QED) is 0.746. The summed E-state index contributed by atoms with van der Waals surface area (Å²) in [4.78, 5) is 11.5. The van der Waals surface area contributed by atoms with Gasteiger partial charge in [0.15, 0.2) is 0 Å². The van der Waals surface area contributed by atoms with Crippen molar-refractivity contribution in [2.45, 2.75) is 64.3 Å². The van der Waals surface area contributed by atoms with E-state index < -0.39 is 5.60 Å². The lowest BCUT2D eigenvalue weighted by Crippen LogP contribution is -2.26. The van der Waals surface area contributed by atoms with Gasteiger partial charge >= 0.3 is 5.97 Å². The first-order valence-electron chi connectivity index (χ1n) is 5.89. The number of aliphatic hydroxyl groups excluding tert-OH is 1. The van der Waals surface area contributed by atoms with Crippen molar-refractivity contribution < 1.29 is 19.4 Å². The molecule has 1 rings (SSSR count). The summed E-state index contributed by atoms with van der Waals surface area (Å²) in [5, 5.41) is 8.78. The Hall–Kier alpha value is -0.610. The second-order valence-electron chi connectivity index (χ2n) is 5.26. The Bertz CT molecular complexity index is 232. The SMILES string of the molecule is CC(C)(C)OC(=O)CC1CCC(CCO)O1. The number of hydrogen-bond donors (Lipinski definition) is 1. The third-order valence-electron chi connectivity index (χ3n) is 2.46. The first kappa shape index (κ1) is 13.5. The fourth-order valence-corrected chi connectivity index (χ4v) is 1.86. The molecular weight excluding hydrogens is 208 g/mol. The Labute approximate surface area is 96.9 Å². The molecule has 1 aliphatic rings. The average Bonchev–Trinajstić information content (AvgIpc) is 2.49. The molecule has 1 fully saturated rings. The number of hydrogen-bond acceptors (Lipinski definition) is 4. The largest absolute Gasteiger partial charge is 0.460 e. The van der Waals surface area contributed by atoms with Gasteiger partial charge in [-0.1, -0.05) is 0 Å². The Morgan fingerprint density at radius 1 is 1.38 bits per heavy atom. The molecule has 0 aromatic heterocycles. The first-order chi connectivity index (χ1) is 7.40. The normalized spacial score (nSPS) is 25.8. The molecule has 16 heavy (non-hydrogen) atoms. The highest BCUT2D eigenvalue weighted by molar-refractivity contribution is 5.70. The summed E-state index contributed by atoms with van der Waals surface area (Å²) in [6.07, 6.45) is 2.85. The molecule has 0 aliphatic carbocycles. The number of esters is 1. The molecule has 1 saturated heterocycles. The van der Waals surface area contributed by atoms with E-state index in [2.05, 4.69) is 0 Å². The molecule has 94 valence electrons. The van der Waals surface area contributed by atoms with Crippen LogP contribution < -0.4 is 0 Å². The van der Waals surface area contributed by atoms with Gasteiger partial charge in [0, 0.05) is 6.61 Å². The fraction of sp³-hybridized carbons (Fsp3) is 0.917. The van der Waals surface area contributed by atoms with Crippen molar-refractivity contribution in [3.8, 4) is 0 Å². The topological polar surface area (TPSA) is 55.8 Å².